The summed E-state index contributed by atoms with van der Waals surface area (Å²) in [5.74, 6) is 0.669. The zero-order valence-corrected chi connectivity index (χ0v) is 11.5. The van der Waals surface area contributed by atoms with Crippen molar-refractivity contribution in [1.82, 2.24) is 5.32 Å². The largest absolute Gasteiger partial charge is 0.396 e. The Morgan fingerprint density at radius 3 is 2.38 bits per heavy atom. The smallest absolute Gasteiger partial charge is 0.230 e. The van der Waals surface area contributed by atoms with Gasteiger partial charge in [-0.25, -0.2) is 0 Å². The number of carbonyl (C=O) groups is 1. The highest BCUT2D eigenvalue weighted by molar-refractivity contribution is 8.01. The maximum atomic E-state index is 11.4. The second-order valence-corrected chi connectivity index (χ2v) is 6.69. The molecule has 0 saturated carbocycles. The van der Waals surface area contributed by atoms with Crippen molar-refractivity contribution in [3.8, 4) is 0 Å². The Morgan fingerprint density at radius 2 is 1.81 bits per heavy atom. The van der Waals surface area contributed by atoms with Crippen molar-refractivity contribution in [2.24, 2.45) is 0 Å². The molecule has 0 rings (SSSR count). The minimum atomic E-state index is 0.127. The maximum absolute atomic E-state index is 11.4. The third-order valence-corrected chi connectivity index (χ3v) is 3.32. The lowest BCUT2D eigenvalue weighted by atomic mass is 10.2. The van der Waals surface area contributed by atoms with Crippen molar-refractivity contribution in [1.29, 1.82) is 0 Å². The number of carbonyl (C=O) groups excluding carboxylic acids is 1. The first-order valence-corrected chi connectivity index (χ1v) is 6.96. The molecular weight excluding hydrogens is 222 g/mol. The molecule has 0 fully saturated rings. The minimum absolute atomic E-state index is 0.127. The summed E-state index contributed by atoms with van der Waals surface area (Å²) in [6.07, 6.45) is 4.00. The summed E-state index contributed by atoms with van der Waals surface area (Å²) in [5, 5.41) is 11.5. The number of amides is 1. The molecule has 0 aromatic rings. The molecule has 16 heavy (non-hydrogen) atoms. The van der Waals surface area contributed by atoms with E-state index >= 15 is 0 Å². The lowest BCUT2D eigenvalue weighted by molar-refractivity contribution is -0.118. The normalized spacial score (nSPS) is 11.5. The fourth-order valence-corrected chi connectivity index (χ4v) is 1.82. The second-order valence-electron chi connectivity index (χ2n) is 4.89. The molecule has 0 spiro atoms. The lowest BCUT2D eigenvalue weighted by Crippen LogP contribution is -2.27. The van der Waals surface area contributed by atoms with Gasteiger partial charge in [0.15, 0.2) is 0 Å². The summed E-state index contributed by atoms with van der Waals surface area (Å²) in [5.41, 5.74) is 0. The van der Waals surface area contributed by atoms with Crippen LogP contribution >= 0.6 is 11.8 Å². The van der Waals surface area contributed by atoms with Crippen LogP contribution < -0.4 is 5.32 Å². The van der Waals surface area contributed by atoms with Gasteiger partial charge in [0.25, 0.3) is 0 Å². The van der Waals surface area contributed by atoms with Crippen LogP contribution in [-0.4, -0.2) is 34.7 Å². The molecule has 1 amide bonds. The number of aliphatic hydroxyl groups is 1. The standard InChI is InChI=1S/C12H25NO2S/c1-12(2,3)16-10-11(15)13-8-6-4-5-7-9-14/h14H,4-10H2,1-3H3,(H,13,15). The van der Waals surface area contributed by atoms with Gasteiger partial charge in [0.1, 0.15) is 0 Å². The number of rotatable bonds is 8. The molecule has 96 valence electrons. The number of unbranched alkanes of at least 4 members (excludes halogenated alkanes) is 3. The summed E-state index contributed by atoms with van der Waals surface area (Å²) in [4.78, 5) is 11.4. The summed E-state index contributed by atoms with van der Waals surface area (Å²) in [7, 11) is 0. The predicted molar refractivity (Wildman–Crippen MR) is 70.8 cm³/mol. The zero-order chi connectivity index (χ0) is 12.4. The molecule has 2 N–H and O–H groups in total. The Morgan fingerprint density at radius 1 is 1.19 bits per heavy atom. The van der Waals surface area contributed by atoms with Crippen LogP contribution in [0.25, 0.3) is 0 Å². The summed E-state index contributed by atoms with van der Waals surface area (Å²) in [6.45, 7) is 7.36. The molecule has 0 saturated heterocycles. The Labute approximate surface area is 103 Å². The highest BCUT2D eigenvalue weighted by Crippen LogP contribution is 2.22. The Balaban J connectivity index is 3.31. The highest BCUT2D eigenvalue weighted by Gasteiger charge is 2.12. The maximum Gasteiger partial charge on any atom is 0.230 e. The van der Waals surface area contributed by atoms with Gasteiger partial charge < -0.3 is 10.4 Å². The fraction of sp³-hybridized carbons (Fsp3) is 0.917. The van der Waals surface area contributed by atoms with Gasteiger partial charge in [0, 0.05) is 17.9 Å². The SMILES string of the molecule is CC(C)(C)SCC(=O)NCCCCCCO. The van der Waals surface area contributed by atoms with Crippen LogP contribution in [0, 0.1) is 0 Å². The van der Waals surface area contributed by atoms with E-state index in [2.05, 4.69) is 26.1 Å². The van der Waals surface area contributed by atoms with Crippen LogP contribution in [0.1, 0.15) is 46.5 Å². The third-order valence-electron chi connectivity index (χ3n) is 2.04. The van der Waals surface area contributed by atoms with Crippen molar-refractivity contribution < 1.29 is 9.90 Å². The van der Waals surface area contributed by atoms with Crippen LogP contribution in [0.15, 0.2) is 0 Å². The van der Waals surface area contributed by atoms with Crippen LogP contribution in [0.2, 0.25) is 0 Å². The fourth-order valence-electron chi connectivity index (χ4n) is 1.15. The molecule has 0 bridgehead atoms. The zero-order valence-electron chi connectivity index (χ0n) is 10.7. The predicted octanol–water partition coefficient (Wildman–Crippen LogP) is 2.19. The van der Waals surface area contributed by atoms with Gasteiger partial charge in [-0.15, -0.1) is 11.8 Å². The van der Waals surface area contributed by atoms with Crippen LogP contribution in [0.4, 0.5) is 0 Å². The van der Waals surface area contributed by atoms with E-state index in [1.165, 1.54) is 0 Å². The number of aliphatic hydroxyl groups excluding tert-OH is 1. The Hall–Kier alpha value is -0.220. The molecule has 3 nitrogen and oxygen atoms in total. The van der Waals surface area contributed by atoms with Gasteiger partial charge in [0.05, 0.1) is 5.75 Å². The topological polar surface area (TPSA) is 49.3 Å². The molecule has 0 unspecified atom stereocenters. The van der Waals surface area contributed by atoms with E-state index in [0.29, 0.717) is 5.75 Å². The van der Waals surface area contributed by atoms with Crippen molar-refractivity contribution in [2.45, 2.75) is 51.2 Å². The van der Waals surface area contributed by atoms with Gasteiger partial charge in [-0.05, 0) is 12.8 Å². The van der Waals surface area contributed by atoms with Crippen molar-refractivity contribution in [3.63, 3.8) is 0 Å². The van der Waals surface area contributed by atoms with Crippen molar-refractivity contribution in [2.75, 3.05) is 18.9 Å². The van der Waals surface area contributed by atoms with Gasteiger partial charge >= 0.3 is 0 Å². The third kappa shape index (κ3) is 11.9. The highest BCUT2D eigenvalue weighted by atomic mass is 32.2. The monoisotopic (exact) mass is 247 g/mol. The second kappa shape index (κ2) is 8.88. The molecule has 0 aliphatic rings. The van der Waals surface area contributed by atoms with Crippen LogP contribution in [0.5, 0.6) is 0 Å². The van der Waals surface area contributed by atoms with Crippen molar-refractivity contribution >= 4 is 17.7 Å². The lowest BCUT2D eigenvalue weighted by Gasteiger charge is -2.16. The number of nitrogens with one attached hydrogen (secondary N) is 1. The van der Waals surface area contributed by atoms with E-state index in [4.69, 9.17) is 5.11 Å². The molecule has 4 heteroatoms. The minimum Gasteiger partial charge on any atom is -0.396 e. The first-order chi connectivity index (χ1) is 7.45. The number of hydrogen-bond donors (Lipinski definition) is 2. The molecule has 0 heterocycles. The number of thioether (sulfide) groups is 1. The van der Waals surface area contributed by atoms with Gasteiger partial charge in [-0.2, -0.15) is 0 Å². The van der Waals surface area contributed by atoms with Crippen LogP contribution in [0.3, 0.4) is 0 Å². The van der Waals surface area contributed by atoms with E-state index in [-0.39, 0.29) is 17.3 Å². The summed E-state index contributed by atoms with van der Waals surface area (Å²) >= 11 is 1.67. The van der Waals surface area contributed by atoms with Gasteiger partial charge in [-0.3, -0.25) is 4.79 Å². The Bertz CT molecular complexity index is 190. The molecule has 0 aromatic heterocycles. The molecule has 0 aliphatic carbocycles. The van der Waals surface area contributed by atoms with E-state index in [0.717, 1.165) is 32.2 Å². The molecule has 0 atom stereocenters. The van der Waals surface area contributed by atoms with Gasteiger partial charge in [0.2, 0.25) is 5.91 Å². The first kappa shape index (κ1) is 15.8. The Kier molecular flexibility index (Phi) is 8.76. The van der Waals surface area contributed by atoms with Gasteiger partial charge in [-0.1, -0.05) is 33.6 Å². The molecule has 0 radical (unpaired) electrons. The molecule has 0 aromatic carbocycles. The van der Waals surface area contributed by atoms with E-state index in [9.17, 15) is 4.79 Å². The average Bonchev–Trinajstić information content (AvgIpc) is 2.19. The van der Waals surface area contributed by atoms with Crippen LogP contribution in [-0.2, 0) is 4.79 Å². The molecule has 0 aliphatic heterocycles. The van der Waals surface area contributed by atoms with E-state index in [1.54, 1.807) is 11.8 Å². The quantitative estimate of drug-likeness (QED) is 0.646. The first-order valence-electron chi connectivity index (χ1n) is 5.97. The van der Waals surface area contributed by atoms with Crippen molar-refractivity contribution in [3.05, 3.63) is 0 Å². The van der Waals surface area contributed by atoms with E-state index in [1.807, 2.05) is 0 Å². The average molecular weight is 247 g/mol. The summed E-state index contributed by atoms with van der Waals surface area (Å²) < 4.78 is 0.151. The van der Waals surface area contributed by atoms with E-state index < -0.39 is 0 Å². The summed E-state index contributed by atoms with van der Waals surface area (Å²) in [6, 6.07) is 0. The number of hydrogen-bond acceptors (Lipinski definition) is 3. The molecular formula is C12H25NO2S.